The third kappa shape index (κ3) is 1.86. The number of rotatable bonds is 1. The SMILES string of the molecule is CCc1c(Br)cc(Br)c(N)c1Br. The topological polar surface area (TPSA) is 26.0 Å². The summed E-state index contributed by atoms with van der Waals surface area (Å²) in [6, 6.07) is 1.97. The highest BCUT2D eigenvalue weighted by atomic mass is 79.9. The third-order valence-corrected chi connectivity index (χ3v) is 3.92. The summed E-state index contributed by atoms with van der Waals surface area (Å²) in [5.41, 5.74) is 7.78. The fourth-order valence-corrected chi connectivity index (χ4v) is 3.65. The zero-order valence-electron chi connectivity index (χ0n) is 6.50. The molecule has 66 valence electrons. The monoisotopic (exact) mass is 355 g/mol. The van der Waals surface area contributed by atoms with Gasteiger partial charge in [0.2, 0.25) is 0 Å². The lowest BCUT2D eigenvalue weighted by Gasteiger charge is -2.09. The van der Waals surface area contributed by atoms with Crippen molar-refractivity contribution in [3.63, 3.8) is 0 Å². The van der Waals surface area contributed by atoms with Crippen molar-refractivity contribution < 1.29 is 0 Å². The second-order valence-electron chi connectivity index (χ2n) is 2.40. The molecule has 1 aromatic carbocycles. The van der Waals surface area contributed by atoms with Crippen LogP contribution in [0, 0.1) is 0 Å². The normalized spacial score (nSPS) is 10.3. The maximum Gasteiger partial charge on any atom is 0.0606 e. The average molecular weight is 358 g/mol. The highest BCUT2D eigenvalue weighted by Crippen LogP contribution is 2.36. The van der Waals surface area contributed by atoms with E-state index in [1.54, 1.807) is 0 Å². The summed E-state index contributed by atoms with van der Waals surface area (Å²) >= 11 is 10.3. The van der Waals surface area contributed by atoms with E-state index in [2.05, 4.69) is 54.7 Å². The number of halogens is 3. The van der Waals surface area contributed by atoms with Gasteiger partial charge in [-0.15, -0.1) is 0 Å². The summed E-state index contributed by atoms with van der Waals surface area (Å²) in [7, 11) is 0. The van der Waals surface area contributed by atoms with Crippen molar-refractivity contribution in [3.8, 4) is 0 Å². The molecular weight excluding hydrogens is 350 g/mol. The van der Waals surface area contributed by atoms with Gasteiger partial charge in [0, 0.05) is 13.4 Å². The lowest BCUT2D eigenvalue weighted by atomic mass is 10.1. The van der Waals surface area contributed by atoms with Gasteiger partial charge in [0.05, 0.1) is 5.69 Å². The van der Waals surface area contributed by atoms with Gasteiger partial charge in [-0.2, -0.15) is 0 Å². The summed E-state index contributed by atoms with van der Waals surface area (Å²) in [6.07, 6.45) is 0.957. The van der Waals surface area contributed by atoms with Gasteiger partial charge in [0.1, 0.15) is 0 Å². The molecule has 0 fully saturated rings. The molecule has 4 heteroatoms. The second kappa shape index (κ2) is 4.11. The molecule has 12 heavy (non-hydrogen) atoms. The summed E-state index contributed by atoms with van der Waals surface area (Å²) in [5, 5.41) is 0. The van der Waals surface area contributed by atoms with Gasteiger partial charge in [0.25, 0.3) is 0 Å². The first-order chi connectivity index (χ1) is 5.57. The van der Waals surface area contributed by atoms with Crippen LogP contribution in [0.25, 0.3) is 0 Å². The molecule has 0 atom stereocenters. The molecule has 0 bridgehead atoms. The summed E-state index contributed by atoms with van der Waals surface area (Å²) in [6.45, 7) is 2.10. The minimum atomic E-state index is 0.759. The van der Waals surface area contributed by atoms with Crippen LogP contribution in [0.15, 0.2) is 19.5 Å². The molecule has 0 radical (unpaired) electrons. The van der Waals surface area contributed by atoms with E-state index < -0.39 is 0 Å². The van der Waals surface area contributed by atoms with Crippen LogP contribution in [0.3, 0.4) is 0 Å². The fraction of sp³-hybridized carbons (Fsp3) is 0.250. The Hall–Kier alpha value is 0.460. The van der Waals surface area contributed by atoms with E-state index >= 15 is 0 Å². The van der Waals surface area contributed by atoms with E-state index in [-0.39, 0.29) is 0 Å². The van der Waals surface area contributed by atoms with Gasteiger partial charge in [-0.25, -0.2) is 0 Å². The quantitative estimate of drug-likeness (QED) is 0.752. The smallest absolute Gasteiger partial charge is 0.0606 e. The Bertz CT molecular complexity index is 310. The summed E-state index contributed by atoms with van der Waals surface area (Å²) in [4.78, 5) is 0. The molecule has 0 aromatic heterocycles. The fourth-order valence-electron chi connectivity index (χ4n) is 0.972. The van der Waals surface area contributed by atoms with Crippen LogP contribution in [0.2, 0.25) is 0 Å². The first kappa shape index (κ1) is 10.5. The zero-order chi connectivity index (χ0) is 9.30. The van der Waals surface area contributed by atoms with Crippen molar-refractivity contribution in [1.82, 2.24) is 0 Å². The van der Waals surface area contributed by atoms with Crippen LogP contribution in [-0.4, -0.2) is 0 Å². The second-order valence-corrected chi connectivity index (χ2v) is 4.90. The lowest BCUT2D eigenvalue weighted by molar-refractivity contribution is 1.11. The maximum absolute atomic E-state index is 5.81. The molecule has 0 saturated heterocycles. The van der Waals surface area contributed by atoms with Gasteiger partial charge in [0.15, 0.2) is 0 Å². The van der Waals surface area contributed by atoms with Crippen LogP contribution in [0.4, 0.5) is 5.69 Å². The van der Waals surface area contributed by atoms with E-state index in [0.717, 1.165) is 25.5 Å². The number of nitrogens with two attached hydrogens (primary N) is 1. The molecule has 1 aromatic rings. The van der Waals surface area contributed by atoms with E-state index in [1.165, 1.54) is 5.56 Å². The number of hydrogen-bond donors (Lipinski definition) is 1. The number of nitrogen functional groups attached to an aromatic ring is 1. The van der Waals surface area contributed by atoms with Crippen LogP contribution >= 0.6 is 47.8 Å². The highest BCUT2D eigenvalue weighted by Gasteiger charge is 2.09. The molecule has 0 aliphatic rings. The number of benzene rings is 1. The van der Waals surface area contributed by atoms with Gasteiger partial charge in [-0.3, -0.25) is 0 Å². The average Bonchev–Trinajstić information content (AvgIpc) is 2.01. The molecule has 0 aliphatic heterocycles. The molecule has 0 amide bonds. The maximum atomic E-state index is 5.81. The van der Waals surface area contributed by atoms with Crippen LogP contribution in [0.1, 0.15) is 12.5 Å². The molecule has 0 spiro atoms. The molecule has 0 aliphatic carbocycles. The van der Waals surface area contributed by atoms with Crippen LogP contribution < -0.4 is 5.73 Å². The molecule has 0 saturated carbocycles. The van der Waals surface area contributed by atoms with E-state index in [4.69, 9.17) is 5.73 Å². The van der Waals surface area contributed by atoms with Crippen molar-refractivity contribution in [2.24, 2.45) is 0 Å². The third-order valence-electron chi connectivity index (χ3n) is 1.65. The molecule has 1 nitrogen and oxygen atoms in total. The van der Waals surface area contributed by atoms with E-state index in [9.17, 15) is 0 Å². The molecule has 1 rings (SSSR count). The van der Waals surface area contributed by atoms with Gasteiger partial charge in [-0.05, 0) is 49.9 Å². The molecule has 0 unspecified atom stereocenters. The van der Waals surface area contributed by atoms with Gasteiger partial charge in [-0.1, -0.05) is 22.9 Å². The van der Waals surface area contributed by atoms with Crippen molar-refractivity contribution in [1.29, 1.82) is 0 Å². The van der Waals surface area contributed by atoms with Crippen LogP contribution in [-0.2, 0) is 6.42 Å². The van der Waals surface area contributed by atoms with E-state index in [0.29, 0.717) is 0 Å². The van der Waals surface area contributed by atoms with Crippen molar-refractivity contribution >= 4 is 53.5 Å². The van der Waals surface area contributed by atoms with Gasteiger partial charge >= 0.3 is 0 Å². The lowest BCUT2D eigenvalue weighted by Crippen LogP contribution is -1.94. The first-order valence-corrected chi connectivity index (χ1v) is 5.87. The predicted octanol–water partition coefficient (Wildman–Crippen LogP) is 4.12. The Morgan fingerprint density at radius 2 is 1.83 bits per heavy atom. The van der Waals surface area contributed by atoms with Crippen LogP contribution in [0.5, 0.6) is 0 Å². The standard InChI is InChI=1S/C8H8Br3N/c1-2-4-5(9)3-6(10)8(12)7(4)11/h3H,2,12H2,1H3. The predicted molar refractivity (Wildman–Crippen MR) is 63.3 cm³/mol. The largest absolute Gasteiger partial charge is 0.397 e. The highest BCUT2D eigenvalue weighted by molar-refractivity contribution is 9.11. The Labute approximate surface area is 97.1 Å². The molecule has 2 N–H and O–H groups in total. The minimum absolute atomic E-state index is 0.759. The van der Waals surface area contributed by atoms with E-state index in [1.807, 2.05) is 6.07 Å². The molecule has 0 heterocycles. The summed E-state index contributed by atoms with van der Waals surface area (Å²) < 4.78 is 2.97. The first-order valence-electron chi connectivity index (χ1n) is 3.49. The zero-order valence-corrected chi connectivity index (χ0v) is 11.3. The van der Waals surface area contributed by atoms with Crippen molar-refractivity contribution in [2.45, 2.75) is 13.3 Å². The molecular formula is C8H8Br3N. The Morgan fingerprint density at radius 3 is 2.33 bits per heavy atom. The minimum Gasteiger partial charge on any atom is -0.397 e. The Balaban J connectivity index is 3.40. The number of hydrogen-bond acceptors (Lipinski definition) is 1. The number of anilines is 1. The van der Waals surface area contributed by atoms with Gasteiger partial charge < -0.3 is 5.73 Å². The Morgan fingerprint density at radius 1 is 1.25 bits per heavy atom. The summed E-state index contributed by atoms with van der Waals surface area (Å²) in [5.74, 6) is 0. The van der Waals surface area contributed by atoms with Crippen molar-refractivity contribution in [3.05, 3.63) is 25.0 Å². The van der Waals surface area contributed by atoms with Crippen molar-refractivity contribution in [2.75, 3.05) is 5.73 Å². The Kier molecular flexibility index (Phi) is 3.61.